The van der Waals surface area contributed by atoms with E-state index in [2.05, 4.69) is 55.8 Å². The summed E-state index contributed by atoms with van der Waals surface area (Å²) in [6.45, 7) is 8.88. The summed E-state index contributed by atoms with van der Waals surface area (Å²) in [6.07, 6.45) is 13.5. The largest absolute Gasteiger partial charge is 0.405 e. The molecule has 2 aliphatic carbocycles. The van der Waals surface area contributed by atoms with Crippen molar-refractivity contribution in [2.45, 2.75) is 78.7 Å². The van der Waals surface area contributed by atoms with Gasteiger partial charge < -0.3 is 35.9 Å². The molecule has 17 heteroatoms. The van der Waals surface area contributed by atoms with Crippen LogP contribution in [-0.2, 0) is 65.4 Å². The third kappa shape index (κ3) is 10.9. The van der Waals surface area contributed by atoms with Gasteiger partial charge in [0.2, 0.25) is 5.95 Å². The molecule has 334 valence electrons. The molecule has 0 bridgehead atoms. The van der Waals surface area contributed by atoms with E-state index in [1.54, 1.807) is 32.6 Å². The normalized spacial score (nSPS) is 13.4. The molecule has 15 nitrogen and oxygen atoms in total. The van der Waals surface area contributed by atoms with Crippen LogP contribution in [0.15, 0.2) is 93.6 Å². The molecule has 3 aromatic carbocycles. The molecule has 6 heterocycles. The van der Waals surface area contributed by atoms with E-state index in [9.17, 15) is 14.4 Å². The molecule has 2 radical (unpaired) electrons. The number of benzene rings is 3. The minimum Gasteiger partial charge on any atom is -0.405 e. The molecule has 3 N–H and O–H groups in total. The molecule has 66 heavy (non-hydrogen) atoms. The molecule has 0 atom stereocenters. The van der Waals surface area contributed by atoms with E-state index >= 15 is 0 Å². The van der Waals surface area contributed by atoms with E-state index in [0.717, 1.165) is 79.8 Å². The monoisotopic (exact) mass is 1030 g/mol. The van der Waals surface area contributed by atoms with Gasteiger partial charge in [-0.25, -0.2) is 15.0 Å². The zero-order chi connectivity index (χ0) is 44.9. The fraction of sp³-hybridized carbons (Fsp3) is 0.327. The Kier molecular flexibility index (Phi) is 17.2. The molecule has 0 aliphatic heterocycles. The molecule has 9 aromatic rings. The number of hydrogen-bond acceptors (Lipinski definition) is 12. The maximum Gasteiger partial charge on any atom is 0.260 e. The van der Waals surface area contributed by atoms with Crippen molar-refractivity contribution in [2.24, 2.45) is 5.92 Å². The van der Waals surface area contributed by atoms with Crippen molar-refractivity contribution < 1.29 is 65.4 Å². The van der Waals surface area contributed by atoms with Crippen molar-refractivity contribution >= 4 is 83.3 Å². The number of rotatable bonds is 6. The standard InChI is InChI=1S/C19H22N4O.C16H16N4O.C12H10N4O.C2H6.2Y/c1-12-8-9-14-15(10-12)18(24)23(13-6-4-3-5-7-13)17-16(14)11-21-19(20-2)22-17;1-9-2-5-11-12(6-9)15(21)19-14-13(11)8-18-16(20-14)17-7-10-3-4-10;1-13-12-14-6-9-7-4-2-3-5-8(7)11(17)15-10(9)16-12;1-2;;/h8-11,13H,3-7H2,1-2H3,(H,20,21,22);2,5-6,8,10H,3-4,7H2,1H3,(H2,17,18,19,20,21);2-6H,1H3,(H2,13,14,15,16,17);1-2H3;;/p-2. The first-order valence-corrected chi connectivity index (χ1v) is 22.1. The zero-order valence-corrected chi connectivity index (χ0v) is 43.9. The van der Waals surface area contributed by atoms with E-state index in [1.807, 2.05) is 93.1 Å². The van der Waals surface area contributed by atoms with Gasteiger partial charge in [-0.1, -0.05) is 92.8 Å². The van der Waals surface area contributed by atoms with Crippen LogP contribution in [0.2, 0.25) is 0 Å². The van der Waals surface area contributed by atoms with Gasteiger partial charge in [-0.15, -0.1) is 0 Å². The number of aryl methyl sites for hydroxylation is 2. The first-order valence-electron chi connectivity index (χ1n) is 22.1. The number of pyridine rings is 3. The molecular weight excluding hydrogens is 982 g/mol. The SMILES string of the molecule is CC.CNc1ncc2c(n1)[n-]c(=O)c1ccccc12.CNc1ncc2c3ccc(C)cc3c(=O)n(C3CCCCC3)c2n1.Cc1ccc2c(c1)c(=O)[n-]c1nc(NCC3CC3)ncc12.[Y].[Y]. The van der Waals surface area contributed by atoms with Crippen LogP contribution in [0.4, 0.5) is 17.8 Å². The number of anilines is 3. The van der Waals surface area contributed by atoms with E-state index in [0.29, 0.717) is 39.9 Å². The Hall–Kier alpha value is -5.08. The Balaban J connectivity index is 0.000000160. The number of fused-ring (bicyclic) bond motifs is 9. The third-order valence-electron chi connectivity index (χ3n) is 11.6. The predicted octanol–water partition coefficient (Wildman–Crippen LogP) is 8.19. The fourth-order valence-electron chi connectivity index (χ4n) is 8.19. The van der Waals surface area contributed by atoms with Crippen LogP contribution in [-0.4, -0.2) is 55.1 Å². The molecule has 0 unspecified atom stereocenters. The molecule has 0 saturated heterocycles. The van der Waals surface area contributed by atoms with E-state index in [-0.39, 0.29) is 88.1 Å². The number of aromatic nitrogens is 9. The minimum absolute atomic E-state index is 0. The second-order valence-electron chi connectivity index (χ2n) is 16.1. The summed E-state index contributed by atoms with van der Waals surface area (Å²) in [6, 6.07) is 19.4. The molecular formula is C49H52N12O3Y2-2. The van der Waals surface area contributed by atoms with Gasteiger partial charge in [0, 0.05) is 132 Å². The van der Waals surface area contributed by atoms with Crippen LogP contribution in [0.1, 0.15) is 76.0 Å². The van der Waals surface area contributed by atoms with Gasteiger partial charge in [-0.3, -0.25) is 19.0 Å². The predicted molar refractivity (Wildman–Crippen MR) is 258 cm³/mol. The van der Waals surface area contributed by atoms with Gasteiger partial charge in [-0.05, 0) is 95.8 Å². The summed E-state index contributed by atoms with van der Waals surface area (Å²) in [5, 5.41) is 16.2. The first-order chi connectivity index (χ1) is 31.2. The number of hydrogen-bond donors (Lipinski definition) is 3. The van der Waals surface area contributed by atoms with Gasteiger partial charge in [0.1, 0.15) is 17.5 Å². The average molecular weight is 1030 g/mol. The third-order valence-corrected chi connectivity index (χ3v) is 11.6. The Morgan fingerprint density at radius 2 is 1.08 bits per heavy atom. The van der Waals surface area contributed by atoms with Crippen LogP contribution in [0.5, 0.6) is 0 Å². The molecule has 0 spiro atoms. The minimum atomic E-state index is -0.256. The molecule has 6 aromatic heterocycles. The van der Waals surface area contributed by atoms with Crippen LogP contribution in [0.25, 0.3) is 65.4 Å². The van der Waals surface area contributed by atoms with Crippen molar-refractivity contribution in [3.05, 3.63) is 121 Å². The topological polar surface area (TPSA) is 198 Å². The van der Waals surface area contributed by atoms with Gasteiger partial charge in [0.05, 0.1) is 0 Å². The molecule has 2 saturated carbocycles. The van der Waals surface area contributed by atoms with Crippen LogP contribution in [0.3, 0.4) is 0 Å². The van der Waals surface area contributed by atoms with Crippen molar-refractivity contribution in [1.82, 2.24) is 44.4 Å². The molecule has 11 rings (SSSR count). The van der Waals surface area contributed by atoms with Crippen molar-refractivity contribution in [3.8, 4) is 0 Å². The summed E-state index contributed by atoms with van der Waals surface area (Å²) < 4.78 is 1.93. The summed E-state index contributed by atoms with van der Waals surface area (Å²) >= 11 is 0. The summed E-state index contributed by atoms with van der Waals surface area (Å²) in [4.78, 5) is 71.3. The molecule has 2 fully saturated rings. The van der Waals surface area contributed by atoms with Crippen LogP contribution >= 0.6 is 0 Å². The Bertz CT molecular complexity index is 3350. The second kappa shape index (κ2) is 22.6. The average Bonchev–Trinajstić information content (AvgIpc) is 4.17. The van der Waals surface area contributed by atoms with Crippen LogP contribution in [0, 0.1) is 19.8 Å². The Labute approximate surface area is 432 Å². The van der Waals surface area contributed by atoms with E-state index < -0.39 is 0 Å². The number of nitrogens with one attached hydrogen (secondary N) is 3. The maximum absolute atomic E-state index is 13.3. The van der Waals surface area contributed by atoms with E-state index in [1.165, 1.54) is 32.1 Å². The Morgan fingerprint density at radius 3 is 1.68 bits per heavy atom. The summed E-state index contributed by atoms with van der Waals surface area (Å²) in [5.41, 5.74) is 3.38. The fourth-order valence-corrected chi connectivity index (χ4v) is 8.19. The smallest absolute Gasteiger partial charge is 0.260 e. The van der Waals surface area contributed by atoms with E-state index in [4.69, 9.17) is 0 Å². The molecule has 2 aliphatic rings. The maximum atomic E-state index is 13.3. The van der Waals surface area contributed by atoms with Gasteiger partial charge in [0.25, 0.3) is 5.56 Å². The Morgan fingerprint density at radius 1 is 0.576 bits per heavy atom. The van der Waals surface area contributed by atoms with Gasteiger partial charge in [0.15, 0.2) is 11.1 Å². The van der Waals surface area contributed by atoms with Crippen LogP contribution < -0.4 is 42.6 Å². The summed E-state index contributed by atoms with van der Waals surface area (Å²) in [7, 11) is 3.52. The zero-order valence-electron chi connectivity index (χ0n) is 38.2. The number of nitrogens with zero attached hydrogens (tertiary/aromatic N) is 9. The summed E-state index contributed by atoms with van der Waals surface area (Å²) in [5.74, 6) is 2.30. The first kappa shape index (κ1) is 50.3. The van der Waals surface area contributed by atoms with Gasteiger partial charge >= 0.3 is 0 Å². The van der Waals surface area contributed by atoms with Gasteiger partial charge in [-0.2, -0.15) is 4.98 Å². The second-order valence-corrected chi connectivity index (χ2v) is 16.1. The van der Waals surface area contributed by atoms with Crippen molar-refractivity contribution in [3.63, 3.8) is 0 Å². The quantitative estimate of drug-likeness (QED) is 0.135. The van der Waals surface area contributed by atoms with Crippen molar-refractivity contribution in [2.75, 3.05) is 36.6 Å². The van der Waals surface area contributed by atoms with Crippen molar-refractivity contribution in [1.29, 1.82) is 0 Å². The molecule has 0 amide bonds.